The Morgan fingerprint density at radius 1 is 1.47 bits per heavy atom. The summed E-state index contributed by atoms with van der Waals surface area (Å²) in [5.74, 6) is -0.325. The third-order valence-electron chi connectivity index (χ3n) is 3.53. The molecule has 3 nitrogen and oxygen atoms in total. The minimum absolute atomic E-state index is 0.250. The van der Waals surface area contributed by atoms with Crippen molar-refractivity contribution in [2.45, 2.75) is 19.4 Å². The molecule has 1 N–H and O–H groups in total. The number of halogens is 2. The van der Waals surface area contributed by atoms with Crippen molar-refractivity contribution in [1.82, 2.24) is 10.2 Å². The van der Waals surface area contributed by atoms with Gasteiger partial charge in [-0.2, -0.15) is 5.26 Å². The van der Waals surface area contributed by atoms with Gasteiger partial charge in [0, 0.05) is 31.7 Å². The summed E-state index contributed by atoms with van der Waals surface area (Å²) in [6.45, 7) is 5.17. The lowest BCUT2D eigenvalue weighted by Crippen LogP contribution is -2.45. The molecule has 19 heavy (non-hydrogen) atoms. The van der Waals surface area contributed by atoms with Gasteiger partial charge in [-0.05, 0) is 18.6 Å². The lowest BCUT2D eigenvalue weighted by atomic mass is 9.99. The first-order chi connectivity index (χ1) is 9.15. The second-order valence-corrected chi connectivity index (χ2v) is 5.13. The first-order valence-corrected chi connectivity index (χ1v) is 6.79. The Bertz CT molecular complexity index is 492. The Morgan fingerprint density at radius 2 is 2.16 bits per heavy atom. The number of nitrogens with zero attached hydrogens (tertiary/aromatic N) is 2. The van der Waals surface area contributed by atoms with Gasteiger partial charge in [0.1, 0.15) is 5.82 Å². The van der Waals surface area contributed by atoms with Gasteiger partial charge in [0.25, 0.3) is 0 Å². The van der Waals surface area contributed by atoms with Crippen molar-refractivity contribution in [2.75, 3.05) is 26.2 Å². The molecule has 0 amide bonds. The molecule has 0 aliphatic carbocycles. The third kappa shape index (κ3) is 3.06. The smallest absolute Gasteiger partial charge is 0.129 e. The molecular weight excluding hydrogens is 265 g/mol. The molecule has 0 radical (unpaired) electrons. The second-order valence-electron chi connectivity index (χ2n) is 4.76. The molecule has 1 aliphatic rings. The molecule has 0 aromatic heterocycles. The van der Waals surface area contributed by atoms with Gasteiger partial charge in [-0.15, -0.1) is 0 Å². The third-order valence-corrected chi connectivity index (χ3v) is 4.03. The zero-order valence-electron chi connectivity index (χ0n) is 10.9. The average Bonchev–Trinajstić information content (AvgIpc) is 2.43. The summed E-state index contributed by atoms with van der Waals surface area (Å²) in [6, 6.07) is 4.99. The molecule has 1 saturated heterocycles. The van der Waals surface area contributed by atoms with E-state index < -0.39 is 0 Å². The zero-order valence-corrected chi connectivity index (χ0v) is 11.7. The lowest BCUT2D eigenvalue weighted by molar-refractivity contribution is 0.172. The molecule has 2 rings (SSSR count). The van der Waals surface area contributed by atoms with Crippen LogP contribution in [0.4, 0.5) is 4.39 Å². The second kappa shape index (κ2) is 6.33. The fourth-order valence-corrected chi connectivity index (χ4v) is 2.76. The maximum Gasteiger partial charge on any atom is 0.129 e. The minimum Gasteiger partial charge on any atom is -0.314 e. The number of piperazine rings is 1. The van der Waals surface area contributed by atoms with E-state index in [-0.39, 0.29) is 18.3 Å². The van der Waals surface area contributed by atoms with Crippen LogP contribution in [0.2, 0.25) is 5.02 Å². The van der Waals surface area contributed by atoms with E-state index in [1.807, 2.05) is 6.92 Å². The summed E-state index contributed by atoms with van der Waals surface area (Å²) in [7, 11) is 0. The number of benzene rings is 1. The fourth-order valence-electron chi connectivity index (χ4n) is 2.48. The molecule has 1 aromatic rings. The number of hydrogen-bond donors (Lipinski definition) is 1. The van der Waals surface area contributed by atoms with Crippen molar-refractivity contribution in [3.05, 3.63) is 34.1 Å². The van der Waals surface area contributed by atoms with Gasteiger partial charge in [-0.1, -0.05) is 17.7 Å². The van der Waals surface area contributed by atoms with Crippen LogP contribution in [0.3, 0.4) is 0 Å². The first kappa shape index (κ1) is 14.3. The average molecular weight is 282 g/mol. The summed E-state index contributed by atoms with van der Waals surface area (Å²) >= 11 is 6.26. The summed E-state index contributed by atoms with van der Waals surface area (Å²) in [4.78, 5) is 2.13. The van der Waals surface area contributed by atoms with Gasteiger partial charge in [-0.3, -0.25) is 4.90 Å². The molecule has 102 valence electrons. The Kier molecular flexibility index (Phi) is 4.76. The summed E-state index contributed by atoms with van der Waals surface area (Å²) in [6.07, 6.45) is 0.250. The molecule has 1 aromatic carbocycles. The summed E-state index contributed by atoms with van der Waals surface area (Å²) < 4.78 is 14.1. The molecule has 0 unspecified atom stereocenters. The SMILES string of the molecule is Cc1ccc(F)c([C@@H](CC#N)N2CCNCC2)c1Cl. The van der Waals surface area contributed by atoms with E-state index in [0.29, 0.717) is 10.6 Å². The van der Waals surface area contributed by atoms with Crippen molar-refractivity contribution in [3.63, 3.8) is 0 Å². The Labute approximate surface area is 118 Å². The van der Waals surface area contributed by atoms with Gasteiger partial charge in [-0.25, -0.2) is 4.39 Å². The van der Waals surface area contributed by atoms with E-state index in [0.717, 1.165) is 31.7 Å². The van der Waals surface area contributed by atoms with Gasteiger partial charge in [0.2, 0.25) is 0 Å². The highest BCUT2D eigenvalue weighted by Crippen LogP contribution is 2.34. The van der Waals surface area contributed by atoms with Gasteiger partial charge in [0.15, 0.2) is 0 Å². The summed E-state index contributed by atoms with van der Waals surface area (Å²) in [5.41, 5.74) is 1.31. The molecular formula is C14H17ClFN3. The van der Waals surface area contributed by atoms with Gasteiger partial charge >= 0.3 is 0 Å². The van der Waals surface area contributed by atoms with Crippen LogP contribution in [-0.4, -0.2) is 31.1 Å². The number of nitriles is 1. The van der Waals surface area contributed by atoms with Crippen LogP contribution in [0, 0.1) is 24.1 Å². The van der Waals surface area contributed by atoms with Crippen LogP contribution in [0.25, 0.3) is 0 Å². The van der Waals surface area contributed by atoms with E-state index >= 15 is 0 Å². The van der Waals surface area contributed by atoms with Crippen molar-refractivity contribution < 1.29 is 4.39 Å². The van der Waals surface area contributed by atoms with Crippen LogP contribution < -0.4 is 5.32 Å². The predicted molar refractivity (Wildman–Crippen MR) is 73.6 cm³/mol. The Hall–Kier alpha value is -1.15. The minimum atomic E-state index is -0.325. The van der Waals surface area contributed by atoms with E-state index in [4.69, 9.17) is 16.9 Å². The van der Waals surface area contributed by atoms with Crippen LogP contribution in [0.1, 0.15) is 23.6 Å². The zero-order chi connectivity index (χ0) is 13.8. The highest BCUT2D eigenvalue weighted by atomic mass is 35.5. The number of rotatable bonds is 3. The van der Waals surface area contributed by atoms with Crippen LogP contribution in [0.5, 0.6) is 0 Å². The van der Waals surface area contributed by atoms with Crippen LogP contribution in [0.15, 0.2) is 12.1 Å². The van der Waals surface area contributed by atoms with E-state index in [2.05, 4.69) is 16.3 Å². The maximum atomic E-state index is 14.1. The molecule has 1 atom stereocenters. The van der Waals surface area contributed by atoms with Crippen molar-refractivity contribution in [1.29, 1.82) is 5.26 Å². The summed E-state index contributed by atoms with van der Waals surface area (Å²) in [5, 5.41) is 12.7. The normalized spacial score (nSPS) is 18.0. The lowest BCUT2D eigenvalue weighted by Gasteiger charge is -2.34. The molecule has 0 bridgehead atoms. The van der Waals surface area contributed by atoms with Crippen LogP contribution in [-0.2, 0) is 0 Å². The quantitative estimate of drug-likeness (QED) is 0.926. The Morgan fingerprint density at radius 3 is 2.79 bits per heavy atom. The molecule has 1 heterocycles. The maximum absolute atomic E-state index is 14.1. The van der Waals surface area contributed by atoms with Crippen molar-refractivity contribution >= 4 is 11.6 Å². The topological polar surface area (TPSA) is 39.1 Å². The Balaban J connectivity index is 2.38. The first-order valence-electron chi connectivity index (χ1n) is 6.41. The van der Waals surface area contributed by atoms with Crippen molar-refractivity contribution in [3.8, 4) is 6.07 Å². The predicted octanol–water partition coefficient (Wildman–Crippen LogP) is 2.65. The molecule has 0 saturated carbocycles. The van der Waals surface area contributed by atoms with Gasteiger partial charge in [0.05, 0.1) is 23.6 Å². The number of hydrogen-bond acceptors (Lipinski definition) is 3. The fraction of sp³-hybridized carbons (Fsp3) is 0.500. The largest absolute Gasteiger partial charge is 0.314 e. The monoisotopic (exact) mass is 281 g/mol. The van der Waals surface area contributed by atoms with E-state index in [9.17, 15) is 4.39 Å². The highest BCUT2D eigenvalue weighted by Gasteiger charge is 2.27. The highest BCUT2D eigenvalue weighted by molar-refractivity contribution is 6.32. The van der Waals surface area contributed by atoms with E-state index in [1.54, 1.807) is 6.07 Å². The number of nitrogens with one attached hydrogen (secondary N) is 1. The van der Waals surface area contributed by atoms with Crippen molar-refractivity contribution in [2.24, 2.45) is 0 Å². The van der Waals surface area contributed by atoms with Crippen LogP contribution >= 0.6 is 11.6 Å². The molecule has 1 aliphatic heterocycles. The molecule has 5 heteroatoms. The number of aryl methyl sites for hydroxylation is 1. The van der Waals surface area contributed by atoms with Gasteiger partial charge < -0.3 is 5.32 Å². The standard InChI is InChI=1S/C14H17ClFN3/c1-10-2-3-11(16)13(14(10)15)12(4-5-17)19-8-6-18-7-9-19/h2-3,12,18H,4,6-9H2,1H3/t12-/m1/s1. The van der Waals surface area contributed by atoms with E-state index in [1.165, 1.54) is 6.07 Å². The molecule has 1 fully saturated rings. The molecule has 0 spiro atoms.